The number of hydrogen-bond donors (Lipinski definition) is 1. The van der Waals surface area contributed by atoms with Crippen LogP contribution in [0.3, 0.4) is 0 Å². The largest absolute Gasteiger partial charge is 0.489 e. The minimum absolute atomic E-state index is 0.0109. The Labute approximate surface area is 226 Å². The highest BCUT2D eigenvalue weighted by atomic mass is 19.4. The van der Waals surface area contributed by atoms with Crippen LogP contribution in [0.2, 0.25) is 0 Å². The lowest BCUT2D eigenvalue weighted by Gasteiger charge is -2.38. The number of nitrogens with one attached hydrogen (secondary N) is 1. The molecule has 0 aliphatic carbocycles. The number of fused-ring (bicyclic) bond motifs is 1. The summed E-state index contributed by atoms with van der Waals surface area (Å²) in [6.45, 7) is 4.95. The first-order valence-electron chi connectivity index (χ1n) is 12.4. The fourth-order valence-corrected chi connectivity index (χ4v) is 4.37. The van der Waals surface area contributed by atoms with Crippen molar-refractivity contribution in [2.45, 2.75) is 64.5 Å². The van der Waals surface area contributed by atoms with E-state index in [1.54, 1.807) is 20.8 Å². The Morgan fingerprint density at radius 2 is 1.93 bits per heavy atom. The SMILES string of the molecule is Cc1oc2ccc(OCc3cccnc3C(F)(F)F)cc2c1C(=O)NC1CCN(C(=O)OC(C)(C)C)CC1(F)F. The Hall–Kier alpha value is -3.90. The zero-order valence-electron chi connectivity index (χ0n) is 22.2. The van der Waals surface area contributed by atoms with Gasteiger partial charge in [-0.05, 0) is 58.4 Å². The standard InChI is InChI=1S/C27H28F5N3O5/c1-15-21(23(36)34-20-9-11-35(14-26(20,28)29)24(37)40-25(2,3)4)18-12-17(7-8-19(18)39-15)38-13-16-6-5-10-33-22(16)27(30,31)32/h5-8,10,12,20H,9,11,13-14H2,1-4H3,(H,34,36). The van der Waals surface area contributed by atoms with Crippen molar-refractivity contribution in [2.75, 3.05) is 13.1 Å². The molecule has 1 unspecified atom stereocenters. The van der Waals surface area contributed by atoms with Gasteiger partial charge in [-0.25, -0.2) is 13.6 Å². The number of ether oxygens (including phenoxy) is 2. The summed E-state index contributed by atoms with van der Waals surface area (Å²) in [6, 6.07) is 5.35. The number of carbonyl (C=O) groups is 2. The van der Waals surface area contributed by atoms with E-state index in [0.717, 1.165) is 11.1 Å². The summed E-state index contributed by atoms with van der Waals surface area (Å²) in [7, 11) is 0. The number of halogens is 5. The minimum Gasteiger partial charge on any atom is -0.489 e. The molecule has 1 aliphatic rings. The average molecular weight is 570 g/mol. The maximum atomic E-state index is 15.0. The van der Waals surface area contributed by atoms with Crippen LogP contribution in [0.1, 0.15) is 54.6 Å². The number of likely N-dealkylation sites (tertiary alicyclic amines) is 1. The predicted molar refractivity (Wildman–Crippen MR) is 133 cm³/mol. The molecule has 1 atom stereocenters. The fourth-order valence-electron chi connectivity index (χ4n) is 4.37. The summed E-state index contributed by atoms with van der Waals surface area (Å²) in [5.74, 6) is -3.97. The normalized spacial score (nSPS) is 17.5. The van der Waals surface area contributed by atoms with Crippen molar-refractivity contribution in [3.63, 3.8) is 0 Å². The van der Waals surface area contributed by atoms with E-state index in [0.29, 0.717) is 0 Å². The van der Waals surface area contributed by atoms with Crippen LogP contribution < -0.4 is 10.1 Å². The molecular formula is C27H28F5N3O5. The molecule has 1 aromatic carbocycles. The van der Waals surface area contributed by atoms with Gasteiger partial charge >= 0.3 is 12.3 Å². The van der Waals surface area contributed by atoms with Gasteiger partial charge in [0.1, 0.15) is 29.3 Å². The Kier molecular flexibility index (Phi) is 7.70. The quantitative estimate of drug-likeness (QED) is 0.373. The van der Waals surface area contributed by atoms with Crippen molar-refractivity contribution < 1.29 is 45.4 Å². The number of carbonyl (C=O) groups excluding carboxylic acids is 2. The van der Waals surface area contributed by atoms with Crippen molar-refractivity contribution in [1.29, 1.82) is 0 Å². The average Bonchev–Trinajstić information content (AvgIpc) is 3.17. The molecule has 1 saturated heterocycles. The van der Waals surface area contributed by atoms with Crippen LogP contribution in [0.4, 0.5) is 26.7 Å². The number of aromatic nitrogens is 1. The first-order valence-corrected chi connectivity index (χ1v) is 12.4. The summed E-state index contributed by atoms with van der Waals surface area (Å²) >= 11 is 0. The Bertz CT molecular complexity index is 1410. The van der Waals surface area contributed by atoms with E-state index < -0.39 is 54.6 Å². The number of amides is 2. The second kappa shape index (κ2) is 10.6. The summed E-state index contributed by atoms with van der Waals surface area (Å²) in [5, 5.41) is 2.59. The van der Waals surface area contributed by atoms with Gasteiger partial charge in [-0.3, -0.25) is 9.78 Å². The van der Waals surface area contributed by atoms with Gasteiger partial charge in [-0.15, -0.1) is 0 Å². The number of aryl methyl sites for hydroxylation is 1. The second-order valence-electron chi connectivity index (χ2n) is 10.5. The number of hydrogen-bond acceptors (Lipinski definition) is 6. The molecule has 3 aromatic rings. The van der Waals surface area contributed by atoms with Crippen molar-refractivity contribution in [3.05, 3.63) is 59.1 Å². The summed E-state index contributed by atoms with van der Waals surface area (Å²) < 4.78 is 86.0. The maximum Gasteiger partial charge on any atom is 0.433 e. The number of pyridine rings is 1. The van der Waals surface area contributed by atoms with Crippen LogP contribution in [0.5, 0.6) is 5.75 Å². The molecule has 2 aromatic heterocycles. The molecule has 8 nitrogen and oxygen atoms in total. The van der Waals surface area contributed by atoms with Gasteiger partial charge in [0.2, 0.25) is 0 Å². The van der Waals surface area contributed by atoms with E-state index >= 15 is 0 Å². The lowest BCUT2D eigenvalue weighted by molar-refractivity contribution is -0.142. The number of benzene rings is 1. The topological polar surface area (TPSA) is 93.9 Å². The first kappa shape index (κ1) is 29.1. The molecule has 0 bridgehead atoms. The monoisotopic (exact) mass is 569 g/mol. The Morgan fingerprint density at radius 1 is 1.20 bits per heavy atom. The van der Waals surface area contributed by atoms with Crippen molar-refractivity contribution in [1.82, 2.24) is 15.2 Å². The van der Waals surface area contributed by atoms with E-state index in [9.17, 15) is 31.5 Å². The van der Waals surface area contributed by atoms with Crippen LogP contribution in [0.15, 0.2) is 40.9 Å². The number of nitrogens with zero attached hydrogens (tertiary/aromatic N) is 2. The zero-order chi connectivity index (χ0) is 29.5. The highest BCUT2D eigenvalue weighted by molar-refractivity contribution is 6.07. The highest BCUT2D eigenvalue weighted by Crippen LogP contribution is 2.34. The molecule has 1 N–H and O–H groups in total. The lowest BCUT2D eigenvalue weighted by atomic mass is 10.00. The number of piperidine rings is 1. The molecule has 1 fully saturated rings. The van der Waals surface area contributed by atoms with Crippen LogP contribution >= 0.6 is 0 Å². The predicted octanol–water partition coefficient (Wildman–Crippen LogP) is 6.11. The first-order chi connectivity index (χ1) is 18.5. The molecular weight excluding hydrogens is 541 g/mol. The number of furan rings is 1. The highest BCUT2D eigenvalue weighted by Gasteiger charge is 2.47. The minimum atomic E-state index is -4.66. The van der Waals surface area contributed by atoms with E-state index in [2.05, 4.69) is 10.3 Å². The van der Waals surface area contributed by atoms with Crippen LogP contribution in [0, 0.1) is 6.92 Å². The third kappa shape index (κ3) is 6.45. The molecule has 40 heavy (non-hydrogen) atoms. The molecule has 0 saturated carbocycles. The molecule has 3 heterocycles. The third-order valence-corrected chi connectivity index (χ3v) is 6.17. The summed E-state index contributed by atoms with van der Waals surface area (Å²) in [6.07, 6.45) is -4.71. The van der Waals surface area contributed by atoms with Crippen molar-refractivity contribution in [3.8, 4) is 5.75 Å². The van der Waals surface area contributed by atoms with Gasteiger partial charge in [0.25, 0.3) is 11.8 Å². The zero-order valence-corrected chi connectivity index (χ0v) is 22.2. The van der Waals surface area contributed by atoms with Crippen molar-refractivity contribution >= 4 is 23.0 Å². The van der Waals surface area contributed by atoms with Gasteiger partial charge in [0.05, 0.1) is 18.2 Å². The fraction of sp³-hybridized carbons (Fsp3) is 0.444. The van der Waals surface area contributed by atoms with Crippen LogP contribution in [-0.4, -0.2) is 52.5 Å². The van der Waals surface area contributed by atoms with E-state index in [4.69, 9.17) is 13.9 Å². The van der Waals surface area contributed by atoms with Crippen LogP contribution in [-0.2, 0) is 17.5 Å². The van der Waals surface area contributed by atoms with Crippen LogP contribution in [0.25, 0.3) is 11.0 Å². The lowest BCUT2D eigenvalue weighted by Crippen LogP contribution is -2.59. The van der Waals surface area contributed by atoms with Crippen molar-refractivity contribution in [2.24, 2.45) is 0 Å². The Balaban J connectivity index is 1.49. The molecule has 0 spiro atoms. The molecule has 4 rings (SSSR count). The van der Waals surface area contributed by atoms with E-state index in [1.807, 2.05) is 0 Å². The van der Waals surface area contributed by atoms with Gasteiger partial charge in [0, 0.05) is 23.7 Å². The third-order valence-electron chi connectivity index (χ3n) is 6.17. The number of alkyl halides is 5. The molecule has 0 radical (unpaired) electrons. The molecule has 216 valence electrons. The Morgan fingerprint density at radius 3 is 2.58 bits per heavy atom. The summed E-state index contributed by atoms with van der Waals surface area (Å²) in [5.41, 5.74) is -1.86. The summed E-state index contributed by atoms with van der Waals surface area (Å²) in [4.78, 5) is 29.7. The number of rotatable bonds is 5. The molecule has 1 aliphatic heterocycles. The molecule has 13 heteroatoms. The van der Waals surface area contributed by atoms with E-state index in [1.165, 1.54) is 37.3 Å². The van der Waals surface area contributed by atoms with Gasteiger partial charge in [-0.1, -0.05) is 6.07 Å². The second-order valence-corrected chi connectivity index (χ2v) is 10.5. The van der Waals surface area contributed by atoms with E-state index in [-0.39, 0.29) is 46.6 Å². The van der Waals surface area contributed by atoms with Gasteiger partial charge in [0.15, 0.2) is 5.69 Å². The van der Waals surface area contributed by atoms with Gasteiger partial charge in [-0.2, -0.15) is 13.2 Å². The molecule has 2 amide bonds. The van der Waals surface area contributed by atoms with Gasteiger partial charge < -0.3 is 24.1 Å². The maximum absolute atomic E-state index is 15.0. The smallest absolute Gasteiger partial charge is 0.433 e.